The number of carbonyl (C=O) groups is 1. The molecular formula is C14H22N4O2. The Labute approximate surface area is 118 Å². The van der Waals surface area contributed by atoms with Crippen molar-refractivity contribution in [3.63, 3.8) is 0 Å². The lowest BCUT2D eigenvalue weighted by atomic mass is 9.71. The van der Waals surface area contributed by atoms with E-state index in [0.717, 1.165) is 25.7 Å². The Hall–Kier alpha value is -1.43. The zero-order chi connectivity index (χ0) is 14.0. The lowest BCUT2D eigenvalue weighted by molar-refractivity contribution is -0.143. The van der Waals surface area contributed by atoms with Gasteiger partial charge in [0.05, 0.1) is 18.3 Å². The summed E-state index contributed by atoms with van der Waals surface area (Å²) in [6.45, 7) is 1.97. The first-order valence-electron chi connectivity index (χ1n) is 7.52. The fourth-order valence-electron chi connectivity index (χ4n) is 3.52. The van der Waals surface area contributed by atoms with Gasteiger partial charge in [-0.25, -0.2) is 0 Å². The van der Waals surface area contributed by atoms with E-state index in [1.165, 1.54) is 6.42 Å². The third-order valence-corrected chi connectivity index (χ3v) is 4.81. The Kier molecular flexibility index (Phi) is 3.74. The molecule has 2 unspecified atom stereocenters. The Morgan fingerprint density at radius 1 is 1.40 bits per heavy atom. The number of aliphatic hydroxyl groups is 1. The third kappa shape index (κ3) is 2.70. The fraction of sp³-hybridized carbons (Fsp3) is 0.786. The Morgan fingerprint density at radius 3 is 3.10 bits per heavy atom. The van der Waals surface area contributed by atoms with E-state index in [-0.39, 0.29) is 11.8 Å². The summed E-state index contributed by atoms with van der Waals surface area (Å²) in [5.74, 6) is 0.424. The third-order valence-electron chi connectivity index (χ3n) is 4.81. The summed E-state index contributed by atoms with van der Waals surface area (Å²) in [4.78, 5) is 14.2. The summed E-state index contributed by atoms with van der Waals surface area (Å²) < 4.78 is 1.68. The quantitative estimate of drug-likeness (QED) is 0.888. The number of likely N-dealkylation sites (tertiary alicyclic amines) is 1. The molecule has 6 nitrogen and oxygen atoms in total. The molecule has 0 radical (unpaired) electrons. The second-order valence-corrected chi connectivity index (χ2v) is 6.05. The monoisotopic (exact) mass is 278 g/mol. The largest absolute Gasteiger partial charge is 0.389 e. The number of nitrogens with zero attached hydrogens (tertiary/aromatic N) is 4. The number of hydrogen-bond donors (Lipinski definition) is 1. The highest BCUT2D eigenvalue weighted by atomic mass is 16.3. The molecule has 2 aliphatic rings. The van der Waals surface area contributed by atoms with Crippen molar-refractivity contribution in [3.8, 4) is 0 Å². The first-order valence-corrected chi connectivity index (χ1v) is 7.52. The molecule has 1 N–H and O–H groups in total. The van der Waals surface area contributed by atoms with Crippen LogP contribution in [0.4, 0.5) is 0 Å². The summed E-state index contributed by atoms with van der Waals surface area (Å²) in [5.41, 5.74) is -0.513. The van der Waals surface area contributed by atoms with Crippen LogP contribution in [-0.2, 0) is 11.3 Å². The molecule has 0 aromatic carbocycles. The van der Waals surface area contributed by atoms with Gasteiger partial charge < -0.3 is 10.0 Å². The summed E-state index contributed by atoms with van der Waals surface area (Å²) in [5, 5.41) is 18.2. The van der Waals surface area contributed by atoms with Crippen LogP contribution in [0.15, 0.2) is 12.4 Å². The summed E-state index contributed by atoms with van der Waals surface area (Å²) >= 11 is 0. The maximum absolute atomic E-state index is 12.3. The lowest BCUT2D eigenvalue weighted by Crippen LogP contribution is -2.54. The average molecular weight is 278 g/mol. The Morgan fingerprint density at radius 2 is 2.30 bits per heavy atom. The number of aromatic nitrogens is 3. The van der Waals surface area contributed by atoms with E-state index in [2.05, 4.69) is 10.3 Å². The first kappa shape index (κ1) is 13.5. The second kappa shape index (κ2) is 5.52. The fourth-order valence-corrected chi connectivity index (χ4v) is 3.52. The number of piperidine rings is 1. The van der Waals surface area contributed by atoms with Crippen molar-refractivity contribution in [2.24, 2.45) is 5.92 Å². The maximum atomic E-state index is 12.3. The van der Waals surface area contributed by atoms with Gasteiger partial charge in [-0.15, -0.1) is 5.10 Å². The van der Waals surface area contributed by atoms with Crippen LogP contribution in [-0.4, -0.2) is 49.6 Å². The molecule has 1 saturated carbocycles. The first-order chi connectivity index (χ1) is 9.67. The van der Waals surface area contributed by atoms with Gasteiger partial charge in [0, 0.05) is 31.6 Å². The molecule has 6 heteroatoms. The summed E-state index contributed by atoms with van der Waals surface area (Å²) in [6.07, 6.45) is 8.81. The van der Waals surface area contributed by atoms with Gasteiger partial charge >= 0.3 is 0 Å². The zero-order valence-corrected chi connectivity index (χ0v) is 11.7. The molecule has 2 atom stereocenters. The van der Waals surface area contributed by atoms with Crippen molar-refractivity contribution in [2.45, 2.75) is 50.7 Å². The average Bonchev–Trinajstić information content (AvgIpc) is 2.97. The number of hydrogen-bond acceptors (Lipinski definition) is 4. The molecule has 20 heavy (non-hydrogen) atoms. The van der Waals surface area contributed by atoms with Crippen LogP contribution < -0.4 is 0 Å². The number of carbonyl (C=O) groups excluding carboxylic acids is 1. The highest BCUT2D eigenvalue weighted by Crippen LogP contribution is 2.39. The molecule has 1 amide bonds. The van der Waals surface area contributed by atoms with E-state index >= 15 is 0 Å². The van der Waals surface area contributed by atoms with Crippen LogP contribution in [0.3, 0.4) is 0 Å². The molecule has 0 bridgehead atoms. The highest BCUT2D eigenvalue weighted by Gasteiger charge is 2.43. The number of amides is 1. The van der Waals surface area contributed by atoms with Gasteiger partial charge in [0.1, 0.15) is 0 Å². The van der Waals surface area contributed by atoms with Gasteiger partial charge in [0.25, 0.3) is 0 Å². The smallest absolute Gasteiger partial charge is 0.224 e. The molecule has 1 saturated heterocycles. The number of rotatable bonds is 3. The van der Waals surface area contributed by atoms with Crippen LogP contribution >= 0.6 is 0 Å². The van der Waals surface area contributed by atoms with E-state index < -0.39 is 5.60 Å². The van der Waals surface area contributed by atoms with Crippen LogP contribution in [0, 0.1) is 5.92 Å². The second-order valence-electron chi connectivity index (χ2n) is 6.05. The Bertz CT molecular complexity index is 462. The molecule has 1 aromatic heterocycles. The zero-order valence-electron chi connectivity index (χ0n) is 11.7. The van der Waals surface area contributed by atoms with Gasteiger partial charge in [-0.05, 0) is 19.3 Å². The molecule has 1 aliphatic heterocycles. The minimum absolute atomic E-state index is 0.160. The molecule has 2 heterocycles. The van der Waals surface area contributed by atoms with Gasteiger partial charge in [0.15, 0.2) is 0 Å². The van der Waals surface area contributed by atoms with E-state index in [1.807, 2.05) is 4.90 Å². The van der Waals surface area contributed by atoms with Gasteiger partial charge in [-0.1, -0.05) is 18.1 Å². The maximum Gasteiger partial charge on any atom is 0.224 e. The van der Waals surface area contributed by atoms with Crippen LogP contribution in [0.25, 0.3) is 0 Å². The van der Waals surface area contributed by atoms with Crippen LogP contribution in [0.2, 0.25) is 0 Å². The van der Waals surface area contributed by atoms with Crippen molar-refractivity contribution in [1.29, 1.82) is 0 Å². The lowest BCUT2D eigenvalue weighted by Gasteiger charge is -2.47. The molecule has 3 rings (SSSR count). The predicted octanol–water partition coefficient (Wildman–Crippen LogP) is 0.822. The van der Waals surface area contributed by atoms with Crippen molar-refractivity contribution in [1.82, 2.24) is 19.9 Å². The summed E-state index contributed by atoms with van der Waals surface area (Å²) in [6, 6.07) is 0. The molecule has 1 aliphatic carbocycles. The number of fused-ring (bicyclic) bond motifs is 1. The molecule has 1 aromatic rings. The van der Waals surface area contributed by atoms with Crippen LogP contribution in [0.5, 0.6) is 0 Å². The van der Waals surface area contributed by atoms with Gasteiger partial charge in [0.2, 0.25) is 5.91 Å². The van der Waals surface area contributed by atoms with E-state index in [4.69, 9.17) is 0 Å². The topological polar surface area (TPSA) is 71.2 Å². The van der Waals surface area contributed by atoms with Crippen molar-refractivity contribution in [3.05, 3.63) is 12.4 Å². The van der Waals surface area contributed by atoms with Crippen LogP contribution in [0.1, 0.15) is 38.5 Å². The predicted molar refractivity (Wildman–Crippen MR) is 72.7 cm³/mol. The van der Waals surface area contributed by atoms with E-state index in [9.17, 15) is 9.90 Å². The van der Waals surface area contributed by atoms with Crippen molar-refractivity contribution in [2.75, 3.05) is 13.1 Å². The number of aryl methyl sites for hydroxylation is 1. The minimum atomic E-state index is -0.513. The minimum Gasteiger partial charge on any atom is -0.389 e. The van der Waals surface area contributed by atoms with E-state index in [0.29, 0.717) is 26.1 Å². The molecule has 2 fully saturated rings. The van der Waals surface area contributed by atoms with Crippen molar-refractivity contribution < 1.29 is 9.90 Å². The summed E-state index contributed by atoms with van der Waals surface area (Å²) in [7, 11) is 0. The van der Waals surface area contributed by atoms with Gasteiger partial charge in [-0.2, -0.15) is 0 Å². The standard InChI is InChI=1S/C14H22N4O2/c19-13(4-8-18-10-7-15-16-18)17-9-6-14(20)5-2-1-3-12(14)11-17/h7,10,12,20H,1-6,8-9,11H2. The van der Waals surface area contributed by atoms with Gasteiger partial charge in [-0.3, -0.25) is 9.48 Å². The molecule has 0 spiro atoms. The SMILES string of the molecule is O=C(CCn1ccnn1)N1CCC2(O)CCCCC2C1. The Balaban J connectivity index is 1.54. The normalized spacial score (nSPS) is 30.1. The highest BCUT2D eigenvalue weighted by molar-refractivity contribution is 5.76. The van der Waals surface area contributed by atoms with Crippen molar-refractivity contribution >= 4 is 5.91 Å². The molecular weight excluding hydrogens is 256 g/mol. The van der Waals surface area contributed by atoms with E-state index in [1.54, 1.807) is 17.1 Å². The molecule has 110 valence electrons.